The summed E-state index contributed by atoms with van der Waals surface area (Å²) >= 11 is 0. The molecule has 0 atom stereocenters. The predicted octanol–water partition coefficient (Wildman–Crippen LogP) is 1.74. The van der Waals surface area contributed by atoms with E-state index in [0.29, 0.717) is 19.0 Å². The van der Waals surface area contributed by atoms with E-state index in [9.17, 15) is 5.11 Å². The zero-order valence-electron chi connectivity index (χ0n) is 8.87. The topological polar surface area (TPSA) is 32.3 Å². The lowest BCUT2D eigenvalue weighted by atomic mass is 9.74. The third-order valence-electron chi connectivity index (χ3n) is 3.84. The molecule has 1 saturated heterocycles. The Morgan fingerprint density at radius 3 is 2.47 bits per heavy atom. The second kappa shape index (κ2) is 3.32. The summed E-state index contributed by atoms with van der Waals surface area (Å²) < 4.78 is 0. The summed E-state index contributed by atoms with van der Waals surface area (Å²) in [5.74, 6) is 0.700. The van der Waals surface area contributed by atoms with Crippen LogP contribution < -0.4 is 5.32 Å². The van der Waals surface area contributed by atoms with Crippen molar-refractivity contribution < 1.29 is 5.11 Å². The fraction of sp³-hybridized carbons (Fsp3) is 0.538. The number of hydrogen-bond donors (Lipinski definition) is 2. The molecule has 0 unspecified atom stereocenters. The Morgan fingerprint density at radius 1 is 1.20 bits per heavy atom. The van der Waals surface area contributed by atoms with Crippen LogP contribution in [-0.2, 0) is 5.60 Å². The molecule has 2 N–H and O–H groups in total. The molecule has 1 aromatic carbocycles. The Bertz CT molecular complexity index is 367. The molecule has 1 saturated carbocycles. The normalized spacial score (nSPS) is 24.3. The molecule has 2 heteroatoms. The van der Waals surface area contributed by atoms with Crippen molar-refractivity contribution in [2.24, 2.45) is 0 Å². The minimum Gasteiger partial charge on any atom is -0.382 e. The largest absolute Gasteiger partial charge is 0.382 e. The van der Waals surface area contributed by atoms with Crippen LogP contribution in [0, 0.1) is 0 Å². The van der Waals surface area contributed by atoms with Gasteiger partial charge in [-0.2, -0.15) is 0 Å². The molecule has 2 fully saturated rings. The molecule has 1 aromatic rings. The molecule has 3 rings (SSSR count). The number of aliphatic hydroxyl groups is 1. The highest BCUT2D eigenvalue weighted by atomic mass is 16.3. The summed E-state index contributed by atoms with van der Waals surface area (Å²) in [6.07, 6.45) is 3.93. The van der Waals surface area contributed by atoms with E-state index in [4.69, 9.17) is 0 Å². The molecule has 2 nitrogen and oxygen atoms in total. The lowest BCUT2D eigenvalue weighted by Crippen LogP contribution is -2.57. The predicted molar refractivity (Wildman–Crippen MR) is 59.8 cm³/mol. The van der Waals surface area contributed by atoms with Gasteiger partial charge in [-0.05, 0) is 29.9 Å². The van der Waals surface area contributed by atoms with Gasteiger partial charge >= 0.3 is 0 Å². The van der Waals surface area contributed by atoms with Crippen molar-refractivity contribution in [3.63, 3.8) is 0 Å². The fourth-order valence-corrected chi connectivity index (χ4v) is 2.55. The highest BCUT2D eigenvalue weighted by Gasteiger charge is 2.39. The van der Waals surface area contributed by atoms with Crippen LogP contribution in [0.25, 0.3) is 0 Å². The number of hydrogen-bond acceptors (Lipinski definition) is 2. The molecule has 80 valence electrons. The maximum atomic E-state index is 10.4. The van der Waals surface area contributed by atoms with Crippen molar-refractivity contribution in [3.8, 4) is 0 Å². The van der Waals surface area contributed by atoms with E-state index in [1.54, 1.807) is 0 Å². The lowest BCUT2D eigenvalue weighted by molar-refractivity contribution is -0.0160. The number of β-amino-alcohol motifs (C(OH)–C–C–N with tert-alkyl or cyclic N) is 1. The van der Waals surface area contributed by atoms with Crippen molar-refractivity contribution in [3.05, 3.63) is 35.4 Å². The number of nitrogens with one attached hydrogen (secondary N) is 1. The van der Waals surface area contributed by atoms with Gasteiger partial charge in [-0.15, -0.1) is 0 Å². The highest BCUT2D eigenvalue weighted by molar-refractivity contribution is 5.38. The van der Waals surface area contributed by atoms with E-state index in [1.807, 2.05) is 6.07 Å². The Hall–Kier alpha value is -0.860. The van der Waals surface area contributed by atoms with Crippen LogP contribution in [0.4, 0.5) is 0 Å². The van der Waals surface area contributed by atoms with Gasteiger partial charge in [-0.1, -0.05) is 30.7 Å². The SMILES string of the molecule is OC1(c2ccccc2C2CCC2)CNC1. The Labute approximate surface area is 90.3 Å². The molecule has 0 radical (unpaired) electrons. The fourth-order valence-electron chi connectivity index (χ4n) is 2.55. The molecular formula is C13H17NO. The first-order valence-electron chi connectivity index (χ1n) is 5.82. The quantitative estimate of drug-likeness (QED) is 0.767. The van der Waals surface area contributed by atoms with E-state index in [2.05, 4.69) is 23.5 Å². The first-order valence-corrected chi connectivity index (χ1v) is 5.82. The summed E-state index contributed by atoms with van der Waals surface area (Å²) in [6, 6.07) is 8.41. The molecule has 15 heavy (non-hydrogen) atoms. The first-order chi connectivity index (χ1) is 7.30. The third-order valence-corrected chi connectivity index (χ3v) is 3.84. The van der Waals surface area contributed by atoms with E-state index in [-0.39, 0.29) is 0 Å². The zero-order valence-corrected chi connectivity index (χ0v) is 8.87. The summed E-state index contributed by atoms with van der Waals surface area (Å²) in [6.45, 7) is 1.41. The van der Waals surface area contributed by atoms with Crippen molar-refractivity contribution >= 4 is 0 Å². The van der Waals surface area contributed by atoms with Gasteiger partial charge in [0.25, 0.3) is 0 Å². The Morgan fingerprint density at radius 2 is 1.93 bits per heavy atom. The molecule has 2 aliphatic rings. The lowest BCUT2D eigenvalue weighted by Gasteiger charge is -2.41. The highest BCUT2D eigenvalue weighted by Crippen LogP contribution is 2.41. The number of benzene rings is 1. The summed E-state index contributed by atoms with van der Waals surface area (Å²) in [7, 11) is 0. The van der Waals surface area contributed by atoms with Gasteiger partial charge in [0, 0.05) is 13.1 Å². The summed E-state index contributed by atoms with van der Waals surface area (Å²) in [4.78, 5) is 0. The smallest absolute Gasteiger partial charge is 0.115 e. The molecule has 1 heterocycles. The van der Waals surface area contributed by atoms with E-state index >= 15 is 0 Å². The molecular weight excluding hydrogens is 186 g/mol. The van der Waals surface area contributed by atoms with Gasteiger partial charge in [-0.25, -0.2) is 0 Å². The van der Waals surface area contributed by atoms with Crippen LogP contribution in [0.5, 0.6) is 0 Å². The average molecular weight is 203 g/mol. The van der Waals surface area contributed by atoms with Crippen molar-refractivity contribution in [1.82, 2.24) is 5.32 Å². The maximum Gasteiger partial charge on any atom is 0.115 e. The van der Waals surface area contributed by atoms with Crippen molar-refractivity contribution in [2.75, 3.05) is 13.1 Å². The molecule has 0 bridgehead atoms. The molecule has 1 aliphatic heterocycles. The van der Waals surface area contributed by atoms with Crippen LogP contribution >= 0.6 is 0 Å². The van der Waals surface area contributed by atoms with Gasteiger partial charge < -0.3 is 10.4 Å². The van der Waals surface area contributed by atoms with E-state index in [1.165, 1.54) is 24.8 Å². The summed E-state index contributed by atoms with van der Waals surface area (Å²) in [5, 5.41) is 13.5. The second-order valence-electron chi connectivity index (χ2n) is 4.85. The van der Waals surface area contributed by atoms with Gasteiger partial charge in [0.2, 0.25) is 0 Å². The van der Waals surface area contributed by atoms with Crippen LogP contribution in [0.15, 0.2) is 24.3 Å². The van der Waals surface area contributed by atoms with Crippen LogP contribution in [0.1, 0.15) is 36.3 Å². The third kappa shape index (κ3) is 1.40. The molecule has 0 aromatic heterocycles. The Balaban J connectivity index is 1.98. The van der Waals surface area contributed by atoms with Crippen molar-refractivity contribution in [2.45, 2.75) is 30.8 Å². The van der Waals surface area contributed by atoms with E-state index in [0.717, 1.165) is 5.56 Å². The minimum atomic E-state index is -0.591. The zero-order chi connectivity index (χ0) is 10.3. The molecule has 0 amide bonds. The monoisotopic (exact) mass is 203 g/mol. The van der Waals surface area contributed by atoms with Gasteiger partial charge in [0.15, 0.2) is 0 Å². The standard InChI is InChI=1S/C13H17NO/c15-13(8-14-9-13)12-7-2-1-6-11(12)10-4-3-5-10/h1-2,6-7,10,14-15H,3-5,8-9H2. The minimum absolute atomic E-state index is 0.591. The van der Waals surface area contributed by atoms with Crippen LogP contribution in [-0.4, -0.2) is 18.2 Å². The van der Waals surface area contributed by atoms with Gasteiger partial charge in [0.1, 0.15) is 5.60 Å². The number of rotatable bonds is 2. The maximum absolute atomic E-state index is 10.4. The second-order valence-corrected chi connectivity index (χ2v) is 4.85. The molecule has 0 spiro atoms. The average Bonchev–Trinajstić information content (AvgIpc) is 2.13. The van der Waals surface area contributed by atoms with Crippen LogP contribution in [0.3, 0.4) is 0 Å². The van der Waals surface area contributed by atoms with Crippen LogP contribution in [0.2, 0.25) is 0 Å². The Kier molecular flexibility index (Phi) is 2.08. The van der Waals surface area contributed by atoms with Gasteiger partial charge in [-0.3, -0.25) is 0 Å². The first kappa shape index (κ1) is 9.37. The summed E-state index contributed by atoms with van der Waals surface area (Å²) in [5.41, 5.74) is 1.95. The van der Waals surface area contributed by atoms with Crippen molar-refractivity contribution in [1.29, 1.82) is 0 Å². The molecule has 1 aliphatic carbocycles. The van der Waals surface area contributed by atoms with Gasteiger partial charge in [0.05, 0.1) is 0 Å². The van der Waals surface area contributed by atoms with E-state index < -0.39 is 5.60 Å².